The molecule has 0 spiro atoms. The molecular weight excluding hydrogens is 255 g/mol. The average Bonchev–Trinajstić information content (AvgIpc) is 2.41. The minimum Gasteiger partial charge on any atom is -0.336 e. The number of halogens is 1. The second kappa shape index (κ2) is 5.82. The van der Waals surface area contributed by atoms with E-state index < -0.39 is 0 Å². The van der Waals surface area contributed by atoms with Crippen molar-refractivity contribution in [3.05, 3.63) is 64.7 Å². The normalized spacial score (nSPS) is 10.4. The number of nitrogens with zero attached hydrogens (tertiary/aromatic N) is 2. The molecule has 1 aromatic carbocycles. The summed E-state index contributed by atoms with van der Waals surface area (Å²) in [6, 6.07) is 10.1. The van der Waals surface area contributed by atoms with Gasteiger partial charge in [0.2, 0.25) is 0 Å². The molecule has 104 valence electrons. The van der Waals surface area contributed by atoms with Crippen molar-refractivity contribution >= 4 is 5.91 Å². The molecule has 0 unspecified atom stereocenters. The van der Waals surface area contributed by atoms with Crippen molar-refractivity contribution in [3.63, 3.8) is 0 Å². The van der Waals surface area contributed by atoms with Gasteiger partial charge in [-0.3, -0.25) is 9.78 Å². The first-order chi connectivity index (χ1) is 9.47. The topological polar surface area (TPSA) is 33.2 Å². The Morgan fingerprint density at radius 1 is 1.25 bits per heavy atom. The van der Waals surface area contributed by atoms with Gasteiger partial charge in [0.25, 0.3) is 5.91 Å². The van der Waals surface area contributed by atoms with E-state index in [0.29, 0.717) is 17.7 Å². The average molecular weight is 272 g/mol. The lowest BCUT2D eigenvalue weighted by atomic mass is 10.1. The monoisotopic (exact) mass is 272 g/mol. The van der Waals surface area contributed by atoms with Gasteiger partial charge in [0.15, 0.2) is 0 Å². The lowest BCUT2D eigenvalue weighted by Crippen LogP contribution is -2.26. The van der Waals surface area contributed by atoms with E-state index in [0.717, 1.165) is 11.4 Å². The second-order valence-corrected chi connectivity index (χ2v) is 4.90. The smallest absolute Gasteiger partial charge is 0.253 e. The Hall–Kier alpha value is -2.23. The van der Waals surface area contributed by atoms with Crippen LogP contribution < -0.4 is 0 Å². The molecule has 0 aliphatic carbocycles. The van der Waals surface area contributed by atoms with E-state index in [1.54, 1.807) is 24.9 Å². The maximum atomic E-state index is 13.2. The zero-order valence-electron chi connectivity index (χ0n) is 11.9. The Bertz CT molecular complexity index is 640. The molecule has 0 saturated carbocycles. The minimum absolute atomic E-state index is 0.142. The Kier molecular flexibility index (Phi) is 4.13. The van der Waals surface area contributed by atoms with E-state index in [9.17, 15) is 9.18 Å². The molecule has 0 aliphatic rings. The van der Waals surface area contributed by atoms with E-state index in [2.05, 4.69) is 4.98 Å². The van der Waals surface area contributed by atoms with Gasteiger partial charge in [-0.05, 0) is 49.7 Å². The highest BCUT2D eigenvalue weighted by Gasteiger charge is 2.13. The van der Waals surface area contributed by atoms with Crippen molar-refractivity contribution in [2.75, 3.05) is 7.05 Å². The lowest BCUT2D eigenvalue weighted by molar-refractivity contribution is 0.0783. The van der Waals surface area contributed by atoms with Gasteiger partial charge in [0, 0.05) is 18.3 Å². The minimum atomic E-state index is -0.301. The zero-order chi connectivity index (χ0) is 14.7. The Labute approximate surface area is 118 Å². The van der Waals surface area contributed by atoms with Crippen LogP contribution >= 0.6 is 0 Å². The molecule has 4 heteroatoms. The number of pyridine rings is 1. The van der Waals surface area contributed by atoms with Gasteiger partial charge in [-0.15, -0.1) is 0 Å². The number of aromatic nitrogens is 1. The molecule has 0 fully saturated rings. The van der Waals surface area contributed by atoms with Crippen LogP contribution in [0, 0.1) is 19.7 Å². The van der Waals surface area contributed by atoms with Crippen LogP contribution in [0.15, 0.2) is 36.4 Å². The highest BCUT2D eigenvalue weighted by Crippen LogP contribution is 2.12. The molecular formula is C16H17FN2O. The van der Waals surface area contributed by atoms with Crippen LogP contribution in [0.25, 0.3) is 0 Å². The largest absolute Gasteiger partial charge is 0.336 e. The number of hydrogen-bond acceptors (Lipinski definition) is 2. The van der Waals surface area contributed by atoms with Crippen molar-refractivity contribution in [1.82, 2.24) is 9.88 Å². The molecule has 0 radical (unpaired) electrons. The van der Waals surface area contributed by atoms with E-state index in [1.807, 2.05) is 25.1 Å². The molecule has 0 atom stereocenters. The molecule has 20 heavy (non-hydrogen) atoms. The summed E-state index contributed by atoms with van der Waals surface area (Å²) in [4.78, 5) is 18.2. The third-order valence-electron chi connectivity index (χ3n) is 3.10. The lowest BCUT2D eigenvalue weighted by Gasteiger charge is -2.17. The summed E-state index contributed by atoms with van der Waals surface area (Å²) in [6.07, 6.45) is 0. The van der Waals surface area contributed by atoms with Crippen molar-refractivity contribution in [2.45, 2.75) is 20.4 Å². The Morgan fingerprint density at radius 3 is 2.65 bits per heavy atom. The molecule has 0 aliphatic heterocycles. The fraction of sp³-hybridized carbons (Fsp3) is 0.250. The Balaban J connectivity index is 2.14. The molecule has 1 amide bonds. The van der Waals surface area contributed by atoms with Crippen LogP contribution in [0.4, 0.5) is 4.39 Å². The maximum absolute atomic E-state index is 13.2. The number of benzene rings is 1. The molecule has 3 nitrogen and oxygen atoms in total. The summed E-state index contributed by atoms with van der Waals surface area (Å²) in [5, 5.41) is 0. The van der Waals surface area contributed by atoms with Crippen molar-refractivity contribution in [1.29, 1.82) is 0 Å². The highest BCUT2D eigenvalue weighted by molar-refractivity contribution is 5.94. The third-order valence-corrected chi connectivity index (χ3v) is 3.10. The van der Waals surface area contributed by atoms with Crippen molar-refractivity contribution < 1.29 is 9.18 Å². The standard InChI is InChI=1S/C16H17FN2O/c1-11-9-13(7-8-15(11)17)16(20)19(3)10-14-6-4-5-12(2)18-14/h4-9H,10H2,1-3H3. The van der Waals surface area contributed by atoms with Gasteiger partial charge in [0.1, 0.15) is 5.82 Å². The second-order valence-electron chi connectivity index (χ2n) is 4.90. The first-order valence-electron chi connectivity index (χ1n) is 6.41. The van der Waals surface area contributed by atoms with Gasteiger partial charge in [-0.2, -0.15) is 0 Å². The van der Waals surface area contributed by atoms with E-state index in [1.165, 1.54) is 12.1 Å². The predicted octanol–water partition coefficient (Wildman–Crippen LogP) is 3.11. The summed E-state index contributed by atoms with van der Waals surface area (Å²) in [5.74, 6) is -0.444. The summed E-state index contributed by atoms with van der Waals surface area (Å²) < 4.78 is 13.2. The number of carbonyl (C=O) groups excluding carboxylic acids is 1. The van der Waals surface area contributed by atoms with Crippen LogP contribution in [-0.2, 0) is 6.54 Å². The van der Waals surface area contributed by atoms with Crippen molar-refractivity contribution in [2.24, 2.45) is 0 Å². The molecule has 0 N–H and O–H groups in total. The van der Waals surface area contributed by atoms with Crippen LogP contribution in [-0.4, -0.2) is 22.8 Å². The first kappa shape index (κ1) is 14.2. The van der Waals surface area contributed by atoms with Crippen LogP contribution in [0.3, 0.4) is 0 Å². The number of carbonyl (C=O) groups is 1. The van der Waals surface area contributed by atoms with Gasteiger partial charge in [0.05, 0.1) is 12.2 Å². The van der Waals surface area contributed by atoms with E-state index >= 15 is 0 Å². The quantitative estimate of drug-likeness (QED) is 0.860. The predicted molar refractivity (Wildman–Crippen MR) is 75.9 cm³/mol. The fourth-order valence-corrected chi connectivity index (χ4v) is 2.00. The molecule has 1 aromatic heterocycles. The molecule has 2 rings (SSSR count). The SMILES string of the molecule is Cc1cccc(CN(C)C(=O)c2ccc(F)c(C)c2)n1. The van der Waals surface area contributed by atoms with Gasteiger partial charge >= 0.3 is 0 Å². The van der Waals surface area contributed by atoms with Crippen LogP contribution in [0.2, 0.25) is 0 Å². The summed E-state index contributed by atoms with van der Waals surface area (Å²) in [7, 11) is 1.71. The van der Waals surface area contributed by atoms with Gasteiger partial charge < -0.3 is 4.90 Å². The fourth-order valence-electron chi connectivity index (χ4n) is 2.00. The van der Waals surface area contributed by atoms with Crippen molar-refractivity contribution in [3.8, 4) is 0 Å². The number of amides is 1. The van der Waals surface area contributed by atoms with Crippen LogP contribution in [0.5, 0.6) is 0 Å². The number of aryl methyl sites for hydroxylation is 2. The first-order valence-corrected chi connectivity index (χ1v) is 6.41. The van der Waals surface area contributed by atoms with Gasteiger partial charge in [-0.25, -0.2) is 4.39 Å². The molecule has 0 saturated heterocycles. The molecule has 1 heterocycles. The summed E-state index contributed by atoms with van der Waals surface area (Å²) in [5.41, 5.74) is 2.71. The Morgan fingerprint density at radius 2 is 2.00 bits per heavy atom. The highest BCUT2D eigenvalue weighted by atomic mass is 19.1. The van der Waals surface area contributed by atoms with E-state index in [-0.39, 0.29) is 11.7 Å². The zero-order valence-corrected chi connectivity index (χ0v) is 11.9. The maximum Gasteiger partial charge on any atom is 0.253 e. The summed E-state index contributed by atoms with van der Waals surface area (Å²) >= 11 is 0. The third kappa shape index (κ3) is 3.20. The molecule has 2 aromatic rings. The number of hydrogen-bond donors (Lipinski definition) is 0. The van der Waals surface area contributed by atoms with E-state index in [4.69, 9.17) is 0 Å². The number of rotatable bonds is 3. The molecule has 0 bridgehead atoms. The van der Waals surface area contributed by atoms with Crippen LogP contribution in [0.1, 0.15) is 27.3 Å². The summed E-state index contributed by atoms with van der Waals surface area (Å²) in [6.45, 7) is 3.99. The van der Waals surface area contributed by atoms with Gasteiger partial charge in [-0.1, -0.05) is 6.07 Å².